The molecule has 1 aromatic heterocycles. The zero-order valence-electron chi connectivity index (χ0n) is 19.3. The number of methoxy groups -OCH3 is 1. The van der Waals surface area contributed by atoms with E-state index in [0.29, 0.717) is 31.8 Å². The van der Waals surface area contributed by atoms with Crippen molar-refractivity contribution in [1.82, 2.24) is 9.80 Å². The molecular formula is C27H29N3O3S. The molecule has 1 saturated heterocycles. The Kier molecular flexibility index (Phi) is 6.65. The van der Waals surface area contributed by atoms with Crippen LogP contribution in [0.15, 0.2) is 72.1 Å². The molecule has 2 aliphatic heterocycles. The monoisotopic (exact) mass is 475 g/mol. The van der Waals surface area contributed by atoms with Crippen LogP contribution in [0.2, 0.25) is 0 Å². The van der Waals surface area contributed by atoms with E-state index in [2.05, 4.69) is 17.0 Å². The Balaban J connectivity index is 1.47. The van der Waals surface area contributed by atoms with Crippen molar-refractivity contribution < 1.29 is 14.3 Å². The number of piperazine rings is 1. The number of carbonyl (C=O) groups is 2. The molecule has 176 valence electrons. The average molecular weight is 476 g/mol. The minimum absolute atomic E-state index is 0.0380. The summed E-state index contributed by atoms with van der Waals surface area (Å²) in [5.41, 5.74) is 2.63. The summed E-state index contributed by atoms with van der Waals surface area (Å²) in [6.07, 6.45) is 0. The molecule has 0 N–H and O–H groups in total. The highest BCUT2D eigenvalue weighted by atomic mass is 32.1. The summed E-state index contributed by atoms with van der Waals surface area (Å²) >= 11 is 1.60. The second-order valence-corrected chi connectivity index (χ2v) is 9.64. The Morgan fingerprint density at radius 3 is 2.41 bits per heavy atom. The van der Waals surface area contributed by atoms with E-state index in [1.54, 1.807) is 18.4 Å². The molecular weight excluding hydrogens is 446 g/mol. The van der Waals surface area contributed by atoms with Crippen LogP contribution in [0.4, 0.5) is 5.69 Å². The van der Waals surface area contributed by atoms with Crippen molar-refractivity contribution in [3.05, 3.63) is 88.1 Å². The second-order valence-electron chi connectivity index (χ2n) is 8.66. The Hall–Kier alpha value is -3.16. The molecule has 0 radical (unpaired) electrons. The van der Waals surface area contributed by atoms with E-state index in [1.165, 1.54) is 5.69 Å². The lowest BCUT2D eigenvalue weighted by atomic mass is 9.81. The summed E-state index contributed by atoms with van der Waals surface area (Å²) in [4.78, 5) is 34.8. The van der Waals surface area contributed by atoms with Crippen LogP contribution < -0.4 is 4.90 Å². The summed E-state index contributed by atoms with van der Waals surface area (Å²) in [6.45, 7) is 3.77. The number of hydrogen-bond donors (Lipinski definition) is 0. The first-order valence-corrected chi connectivity index (χ1v) is 12.6. The maximum Gasteiger partial charge on any atom is 0.254 e. The van der Waals surface area contributed by atoms with Crippen LogP contribution >= 0.6 is 11.3 Å². The van der Waals surface area contributed by atoms with Crippen molar-refractivity contribution >= 4 is 28.8 Å². The van der Waals surface area contributed by atoms with Gasteiger partial charge in [0.2, 0.25) is 5.91 Å². The van der Waals surface area contributed by atoms with E-state index in [9.17, 15) is 9.59 Å². The molecule has 0 spiro atoms. The third-order valence-corrected chi connectivity index (χ3v) is 7.73. The zero-order chi connectivity index (χ0) is 23.5. The van der Waals surface area contributed by atoms with Gasteiger partial charge in [-0.3, -0.25) is 9.59 Å². The lowest BCUT2D eigenvalue weighted by Gasteiger charge is -2.44. The van der Waals surface area contributed by atoms with Gasteiger partial charge in [-0.1, -0.05) is 42.5 Å². The predicted octanol–water partition coefficient (Wildman–Crippen LogP) is 4.02. The van der Waals surface area contributed by atoms with Gasteiger partial charge in [-0.05, 0) is 35.2 Å². The smallest absolute Gasteiger partial charge is 0.254 e. The van der Waals surface area contributed by atoms with E-state index in [1.807, 2.05) is 69.8 Å². The number of benzene rings is 2. The fraction of sp³-hybridized carbons (Fsp3) is 0.333. The number of thiophene rings is 1. The topological polar surface area (TPSA) is 53.1 Å². The molecule has 1 fully saturated rings. The van der Waals surface area contributed by atoms with Gasteiger partial charge in [-0.25, -0.2) is 0 Å². The van der Waals surface area contributed by atoms with Crippen LogP contribution in [-0.2, 0) is 9.53 Å². The van der Waals surface area contributed by atoms with Crippen LogP contribution in [0.5, 0.6) is 0 Å². The third-order valence-electron chi connectivity index (χ3n) is 6.79. The van der Waals surface area contributed by atoms with Gasteiger partial charge in [0.05, 0.1) is 18.6 Å². The largest absolute Gasteiger partial charge is 0.383 e. The number of amides is 2. The summed E-state index contributed by atoms with van der Waals surface area (Å²) in [5.74, 6) is -0.384. The summed E-state index contributed by atoms with van der Waals surface area (Å²) in [5, 5.41) is 2.01. The molecule has 0 unspecified atom stereocenters. The fourth-order valence-electron chi connectivity index (χ4n) is 5.09. The van der Waals surface area contributed by atoms with Crippen molar-refractivity contribution in [3.8, 4) is 0 Å². The van der Waals surface area contributed by atoms with Crippen molar-refractivity contribution in [1.29, 1.82) is 0 Å². The molecule has 2 aliphatic rings. The first kappa shape index (κ1) is 22.6. The van der Waals surface area contributed by atoms with Gasteiger partial charge >= 0.3 is 0 Å². The van der Waals surface area contributed by atoms with Gasteiger partial charge in [-0.2, -0.15) is 0 Å². The van der Waals surface area contributed by atoms with Gasteiger partial charge < -0.3 is 19.4 Å². The third kappa shape index (κ3) is 4.21. The molecule has 3 heterocycles. The summed E-state index contributed by atoms with van der Waals surface area (Å²) in [6, 6.07) is 21.6. The maximum atomic E-state index is 14.1. The second kappa shape index (κ2) is 9.99. The molecule has 2 amide bonds. The van der Waals surface area contributed by atoms with Crippen LogP contribution in [0, 0.1) is 0 Å². The van der Waals surface area contributed by atoms with Gasteiger partial charge in [0, 0.05) is 56.0 Å². The number of fused-ring (bicyclic) bond motifs is 1. The lowest BCUT2D eigenvalue weighted by Crippen LogP contribution is -2.53. The fourth-order valence-corrected chi connectivity index (χ4v) is 5.96. The normalized spacial score (nSPS) is 20.4. The molecule has 7 heteroatoms. The molecule has 6 nitrogen and oxygen atoms in total. The van der Waals surface area contributed by atoms with E-state index < -0.39 is 5.92 Å². The van der Waals surface area contributed by atoms with Crippen LogP contribution in [0.3, 0.4) is 0 Å². The van der Waals surface area contributed by atoms with E-state index in [4.69, 9.17) is 4.74 Å². The van der Waals surface area contributed by atoms with Crippen molar-refractivity contribution in [2.24, 2.45) is 0 Å². The molecule has 5 rings (SSSR count). The minimum atomic E-state index is -0.437. The Morgan fingerprint density at radius 1 is 0.971 bits per heavy atom. The van der Waals surface area contributed by atoms with E-state index in [-0.39, 0.29) is 17.9 Å². The number of nitrogens with zero attached hydrogens (tertiary/aromatic N) is 3. The van der Waals surface area contributed by atoms with Gasteiger partial charge in [-0.15, -0.1) is 11.3 Å². The van der Waals surface area contributed by atoms with Gasteiger partial charge in [0.15, 0.2) is 0 Å². The first-order valence-electron chi connectivity index (χ1n) is 11.7. The molecule has 0 aliphatic carbocycles. The maximum absolute atomic E-state index is 14.1. The van der Waals surface area contributed by atoms with Crippen LogP contribution in [0.25, 0.3) is 0 Å². The standard InChI is InChI=1S/C27H29N3O3S/c1-33-18-17-30-25(23-12-7-19-34-23)24(21-10-5-6-11-22(21)26(30)31)27(32)29-15-13-28(14-16-29)20-8-3-2-4-9-20/h2-12,19,24-25H,13-18H2,1H3/t24-,25+/m0/s1. The number of anilines is 1. The number of rotatable bonds is 6. The Labute approximate surface area is 204 Å². The highest BCUT2D eigenvalue weighted by molar-refractivity contribution is 7.10. The van der Waals surface area contributed by atoms with Gasteiger partial charge in [0.25, 0.3) is 5.91 Å². The molecule has 0 saturated carbocycles. The zero-order valence-corrected chi connectivity index (χ0v) is 20.1. The predicted molar refractivity (Wildman–Crippen MR) is 134 cm³/mol. The lowest BCUT2D eigenvalue weighted by molar-refractivity contribution is -0.135. The number of carbonyl (C=O) groups excluding carboxylic acids is 2. The highest BCUT2D eigenvalue weighted by Gasteiger charge is 2.46. The van der Waals surface area contributed by atoms with Crippen molar-refractivity contribution in [2.75, 3.05) is 51.3 Å². The number of hydrogen-bond acceptors (Lipinski definition) is 5. The summed E-state index contributed by atoms with van der Waals surface area (Å²) < 4.78 is 5.32. The number of ether oxygens (including phenoxy) is 1. The van der Waals surface area contributed by atoms with Crippen LogP contribution in [0.1, 0.15) is 32.8 Å². The molecule has 0 bridgehead atoms. The average Bonchev–Trinajstić information content (AvgIpc) is 3.43. The van der Waals surface area contributed by atoms with Gasteiger partial charge in [0.1, 0.15) is 0 Å². The van der Waals surface area contributed by atoms with Crippen molar-refractivity contribution in [3.63, 3.8) is 0 Å². The van der Waals surface area contributed by atoms with Crippen molar-refractivity contribution in [2.45, 2.75) is 12.0 Å². The van der Waals surface area contributed by atoms with Crippen LogP contribution in [-0.4, -0.2) is 68.1 Å². The highest BCUT2D eigenvalue weighted by Crippen LogP contribution is 2.45. The first-order chi connectivity index (χ1) is 16.7. The molecule has 2 atom stereocenters. The Morgan fingerprint density at radius 2 is 1.71 bits per heavy atom. The van der Waals surface area contributed by atoms with E-state index >= 15 is 0 Å². The van der Waals surface area contributed by atoms with E-state index in [0.717, 1.165) is 23.5 Å². The molecule has 2 aromatic carbocycles. The molecule has 3 aromatic rings. The minimum Gasteiger partial charge on any atom is -0.383 e. The number of para-hydroxylation sites is 1. The Bertz CT molecular complexity index is 1130. The SMILES string of the molecule is COCCN1C(=O)c2ccccc2[C@H](C(=O)N2CCN(c3ccccc3)CC2)[C@H]1c1cccs1. The quantitative estimate of drug-likeness (QED) is 0.540. The summed E-state index contributed by atoms with van der Waals surface area (Å²) in [7, 11) is 1.64. The molecule has 34 heavy (non-hydrogen) atoms.